The van der Waals surface area contributed by atoms with Gasteiger partial charge in [-0.15, -0.1) is 11.8 Å². The van der Waals surface area contributed by atoms with E-state index in [0.717, 1.165) is 4.90 Å². The lowest BCUT2D eigenvalue weighted by molar-refractivity contribution is -0.151. The third-order valence-electron chi connectivity index (χ3n) is 4.99. The molecule has 1 aromatic rings. The first kappa shape index (κ1) is 26.1. The molecule has 2 unspecified atom stereocenters. The second kappa shape index (κ2) is 10.4. The minimum Gasteiger partial charge on any atom is -0.477 e. The molecule has 3 amide bonds. The van der Waals surface area contributed by atoms with E-state index in [1.165, 1.54) is 24.9 Å². The molecule has 12 nitrogen and oxygen atoms in total. The number of alkyl carbamates (subject to hydrolysis) is 1. The van der Waals surface area contributed by atoms with Crippen molar-refractivity contribution in [2.75, 3.05) is 12.4 Å². The number of hydrogen-bond acceptors (Lipinski definition) is 9. The summed E-state index contributed by atoms with van der Waals surface area (Å²) in [5, 5.41) is 14.1. The van der Waals surface area contributed by atoms with Crippen molar-refractivity contribution in [2.24, 2.45) is 0 Å². The minimum absolute atomic E-state index is 0.00726. The van der Waals surface area contributed by atoms with Gasteiger partial charge in [0.1, 0.15) is 41.1 Å². The number of aliphatic carboxylic acids is 1. The molecule has 3 N–H and O–H groups in total. The first-order valence-corrected chi connectivity index (χ1v) is 11.8. The van der Waals surface area contributed by atoms with Gasteiger partial charge in [0.25, 0.3) is 5.91 Å². The zero-order valence-electron chi connectivity index (χ0n) is 19.7. The molecule has 0 aliphatic carbocycles. The van der Waals surface area contributed by atoms with Gasteiger partial charge in [0.05, 0.1) is 6.26 Å². The fourth-order valence-electron chi connectivity index (χ4n) is 3.53. The van der Waals surface area contributed by atoms with Crippen LogP contribution >= 0.6 is 11.8 Å². The molecule has 2 aliphatic heterocycles. The Balaban J connectivity index is 1.72. The number of hydrogen-bond donors (Lipinski definition) is 3. The van der Waals surface area contributed by atoms with E-state index in [1.54, 1.807) is 32.9 Å². The van der Waals surface area contributed by atoms with E-state index in [0.29, 0.717) is 5.76 Å². The zero-order valence-corrected chi connectivity index (χ0v) is 20.5. The minimum atomic E-state index is -1.34. The van der Waals surface area contributed by atoms with Crippen LogP contribution in [0.3, 0.4) is 0 Å². The van der Waals surface area contributed by atoms with Crippen molar-refractivity contribution in [2.45, 2.75) is 57.2 Å². The number of nitrogens with zero attached hydrogens (tertiary/aromatic N) is 1. The van der Waals surface area contributed by atoms with Gasteiger partial charge in [-0.05, 0) is 32.9 Å². The van der Waals surface area contributed by atoms with Gasteiger partial charge in [-0.2, -0.15) is 0 Å². The Bertz CT molecular complexity index is 1050. The van der Waals surface area contributed by atoms with E-state index in [4.69, 9.17) is 13.9 Å². The van der Waals surface area contributed by atoms with E-state index < -0.39 is 52.9 Å². The number of fused-ring (bicyclic) bond motifs is 1. The lowest BCUT2D eigenvalue weighted by atomic mass is 10.0. The Labute approximate surface area is 205 Å². The second-order valence-electron chi connectivity index (χ2n) is 8.92. The Morgan fingerprint density at radius 1 is 1.31 bits per heavy atom. The molecule has 0 bridgehead atoms. The Kier molecular flexibility index (Phi) is 7.78. The van der Waals surface area contributed by atoms with Crippen molar-refractivity contribution < 1.29 is 43.0 Å². The fraction of sp³-hybridized carbons (Fsp3) is 0.500. The summed E-state index contributed by atoms with van der Waals surface area (Å²) in [7, 11) is 0. The van der Waals surface area contributed by atoms with Gasteiger partial charge in [-0.1, -0.05) is 0 Å². The van der Waals surface area contributed by atoms with Crippen LogP contribution in [0.25, 0.3) is 0 Å². The molecular formula is C22H27N3O9S. The van der Waals surface area contributed by atoms with E-state index >= 15 is 0 Å². The van der Waals surface area contributed by atoms with Crippen molar-refractivity contribution in [3.63, 3.8) is 0 Å². The van der Waals surface area contributed by atoms with Gasteiger partial charge in [-0.25, -0.2) is 9.59 Å². The average Bonchev–Trinajstić information content (AvgIpc) is 3.26. The molecular weight excluding hydrogens is 482 g/mol. The van der Waals surface area contributed by atoms with Crippen LogP contribution in [0, 0.1) is 0 Å². The van der Waals surface area contributed by atoms with Gasteiger partial charge in [0.15, 0.2) is 0 Å². The molecule has 3 rings (SSSR count). The predicted molar refractivity (Wildman–Crippen MR) is 122 cm³/mol. The van der Waals surface area contributed by atoms with E-state index in [-0.39, 0.29) is 30.1 Å². The van der Waals surface area contributed by atoms with Crippen LogP contribution in [0.15, 0.2) is 34.1 Å². The molecule has 0 saturated carbocycles. The van der Waals surface area contributed by atoms with Crippen LogP contribution in [0.2, 0.25) is 0 Å². The lowest BCUT2D eigenvalue weighted by Crippen LogP contribution is -2.71. The highest BCUT2D eigenvalue weighted by Crippen LogP contribution is 2.40. The SMILES string of the molecule is CC(=O)OCC1=C(C(=O)O)N2C(=O)C(NC(=O)C(Cc3ccco3)NC(=O)OC(C)(C)C)[C@H]2SC1. The van der Waals surface area contributed by atoms with Gasteiger partial charge < -0.3 is 29.6 Å². The molecule has 1 saturated heterocycles. The Morgan fingerprint density at radius 3 is 2.60 bits per heavy atom. The number of rotatable bonds is 8. The van der Waals surface area contributed by atoms with Crippen LogP contribution in [-0.2, 0) is 35.1 Å². The highest BCUT2D eigenvalue weighted by atomic mass is 32.2. The number of ether oxygens (including phenoxy) is 2. The van der Waals surface area contributed by atoms with Crippen LogP contribution in [0.5, 0.6) is 0 Å². The molecule has 190 valence electrons. The van der Waals surface area contributed by atoms with Gasteiger partial charge in [0, 0.05) is 24.7 Å². The first-order chi connectivity index (χ1) is 16.4. The first-order valence-electron chi connectivity index (χ1n) is 10.7. The van der Waals surface area contributed by atoms with E-state index in [9.17, 15) is 29.1 Å². The summed E-state index contributed by atoms with van der Waals surface area (Å²) >= 11 is 1.23. The van der Waals surface area contributed by atoms with Crippen molar-refractivity contribution in [3.8, 4) is 0 Å². The Hall–Kier alpha value is -3.48. The number of furan rings is 1. The standard InChI is InChI=1S/C22H27N3O9S/c1-11(26)33-9-12-10-35-19-15(18(28)25(19)16(12)20(29)30)24-17(27)14(8-13-6-5-7-32-13)23-21(31)34-22(2,3)4/h5-7,14-15,19H,8-10H2,1-4H3,(H,23,31)(H,24,27)(H,29,30)/t14?,15?,19-/m1/s1. The number of carbonyl (C=O) groups is 5. The quantitative estimate of drug-likeness (QED) is 0.340. The van der Waals surface area contributed by atoms with Crippen molar-refractivity contribution in [1.82, 2.24) is 15.5 Å². The maximum Gasteiger partial charge on any atom is 0.408 e. The van der Waals surface area contributed by atoms with Crippen LogP contribution < -0.4 is 10.6 Å². The summed E-state index contributed by atoms with van der Waals surface area (Å²) in [5.41, 5.74) is -0.763. The van der Waals surface area contributed by atoms with Crippen molar-refractivity contribution in [1.29, 1.82) is 0 Å². The summed E-state index contributed by atoms with van der Waals surface area (Å²) in [4.78, 5) is 62.2. The summed E-state index contributed by atoms with van der Waals surface area (Å²) in [5.74, 6) is -2.56. The second-order valence-corrected chi connectivity index (χ2v) is 10.0. The molecule has 0 aromatic carbocycles. The molecule has 0 radical (unpaired) electrons. The fourth-order valence-corrected chi connectivity index (χ4v) is 4.85. The molecule has 0 spiro atoms. The monoisotopic (exact) mass is 509 g/mol. The molecule has 35 heavy (non-hydrogen) atoms. The molecule has 1 aromatic heterocycles. The molecule has 13 heteroatoms. The third kappa shape index (κ3) is 6.35. The molecule has 1 fully saturated rings. The molecule has 2 aliphatic rings. The predicted octanol–water partition coefficient (Wildman–Crippen LogP) is 1.02. The average molecular weight is 510 g/mol. The number of carboxylic acids is 1. The third-order valence-corrected chi connectivity index (χ3v) is 6.33. The highest BCUT2D eigenvalue weighted by molar-refractivity contribution is 8.00. The summed E-state index contributed by atoms with van der Waals surface area (Å²) in [6.07, 6.45) is 0.619. The van der Waals surface area contributed by atoms with Gasteiger partial charge in [0.2, 0.25) is 5.91 Å². The normalized spacial score (nSPS) is 20.3. The van der Waals surface area contributed by atoms with Crippen molar-refractivity contribution in [3.05, 3.63) is 35.4 Å². The van der Waals surface area contributed by atoms with E-state index in [1.807, 2.05) is 0 Å². The van der Waals surface area contributed by atoms with Crippen molar-refractivity contribution >= 4 is 41.6 Å². The number of esters is 1. The zero-order chi connectivity index (χ0) is 25.9. The van der Waals surface area contributed by atoms with Gasteiger partial charge >= 0.3 is 18.0 Å². The summed E-state index contributed by atoms with van der Waals surface area (Å²) in [6.45, 7) is 5.99. The number of carbonyl (C=O) groups excluding carboxylic acids is 4. The maximum absolute atomic E-state index is 13.1. The molecule has 3 heterocycles. The summed E-state index contributed by atoms with van der Waals surface area (Å²) in [6, 6.07) is 1.16. The number of amides is 3. The number of carboxylic acid groups (broad SMARTS) is 1. The lowest BCUT2D eigenvalue weighted by Gasteiger charge is -2.49. The van der Waals surface area contributed by atoms with E-state index in [2.05, 4.69) is 10.6 Å². The maximum atomic E-state index is 13.1. The van der Waals surface area contributed by atoms with Gasteiger partial charge in [-0.3, -0.25) is 19.3 Å². The van der Waals surface area contributed by atoms with Crippen LogP contribution in [0.4, 0.5) is 4.79 Å². The number of thioether (sulfide) groups is 1. The molecule has 3 atom stereocenters. The van der Waals surface area contributed by atoms with Crippen LogP contribution in [-0.4, -0.2) is 75.3 Å². The smallest absolute Gasteiger partial charge is 0.408 e. The Morgan fingerprint density at radius 2 is 2.03 bits per heavy atom. The van der Waals surface area contributed by atoms with Crippen LogP contribution in [0.1, 0.15) is 33.5 Å². The number of β-lactam (4-membered cyclic amide) rings is 1. The number of nitrogens with one attached hydrogen (secondary N) is 2. The largest absolute Gasteiger partial charge is 0.477 e. The summed E-state index contributed by atoms with van der Waals surface area (Å²) < 4.78 is 15.4. The topological polar surface area (TPSA) is 164 Å². The highest BCUT2D eigenvalue weighted by Gasteiger charge is 2.54.